The highest BCUT2D eigenvalue weighted by molar-refractivity contribution is 5.75. The first-order chi connectivity index (χ1) is 13.5. The monoisotopic (exact) mass is 430 g/mol. The fourth-order valence-electron chi connectivity index (χ4n) is 3.20. The summed E-state index contributed by atoms with van der Waals surface area (Å²) in [7, 11) is 0. The molecule has 170 valence electrons. The zero-order valence-electron chi connectivity index (χ0n) is 15.0. The molecule has 10 N–H and O–H groups in total. The fraction of sp³-hybridized carbons (Fsp3) is 0.933. The van der Waals surface area contributed by atoms with Gasteiger partial charge in [-0.1, -0.05) is 0 Å². The summed E-state index contributed by atoms with van der Waals surface area (Å²) in [5, 5.41) is 97.1. The lowest BCUT2D eigenvalue weighted by molar-refractivity contribution is -0.359. The smallest absolute Gasteiger partial charge is 0.364 e. The summed E-state index contributed by atoms with van der Waals surface area (Å²) in [5.74, 6) is -4.82. The maximum Gasteiger partial charge on any atom is 0.364 e. The van der Waals surface area contributed by atoms with Gasteiger partial charge in [-0.15, -0.1) is 0 Å². The predicted octanol–water partition coefficient (Wildman–Crippen LogP) is -6.19. The Bertz CT molecular complexity index is 561. The van der Waals surface area contributed by atoms with Crippen LogP contribution >= 0.6 is 0 Å². The van der Waals surface area contributed by atoms with Crippen molar-refractivity contribution in [1.29, 1.82) is 0 Å². The Morgan fingerprint density at radius 3 is 2.03 bits per heavy atom. The SMILES string of the molecule is O=C(O)[C@@]1(O)C[C@@H](O[C@H]2O[C@H]([C@@H](O)CO)[C@@H](O)[C@H](O)[C@@H]2O)[C@@H](O)[C@@H]([C@H](O)CO)O1. The Balaban J connectivity index is 2.25. The van der Waals surface area contributed by atoms with E-state index in [0.717, 1.165) is 0 Å². The lowest BCUT2D eigenvalue weighted by atomic mass is 9.91. The van der Waals surface area contributed by atoms with Crippen LogP contribution < -0.4 is 0 Å². The normalized spacial score (nSPS) is 45.6. The maximum atomic E-state index is 11.3. The highest BCUT2D eigenvalue weighted by Crippen LogP contribution is 2.34. The van der Waals surface area contributed by atoms with E-state index < -0.39 is 92.6 Å². The molecule has 2 aliphatic rings. The molecule has 0 aromatic rings. The van der Waals surface area contributed by atoms with Gasteiger partial charge in [-0.05, 0) is 0 Å². The van der Waals surface area contributed by atoms with Crippen molar-refractivity contribution in [2.45, 2.75) is 73.4 Å². The van der Waals surface area contributed by atoms with Crippen molar-refractivity contribution < 1.29 is 70.1 Å². The summed E-state index contributed by atoms with van der Waals surface area (Å²) >= 11 is 0. The number of aliphatic carboxylic acids is 1. The minimum absolute atomic E-state index is 0.874. The molecule has 2 fully saturated rings. The van der Waals surface area contributed by atoms with Gasteiger partial charge in [0.25, 0.3) is 5.79 Å². The van der Waals surface area contributed by atoms with E-state index in [9.17, 15) is 45.6 Å². The van der Waals surface area contributed by atoms with Crippen LogP contribution in [0.2, 0.25) is 0 Å². The van der Waals surface area contributed by atoms with E-state index in [2.05, 4.69) is 0 Å². The van der Waals surface area contributed by atoms with E-state index in [1.807, 2.05) is 0 Å². The first kappa shape index (κ1) is 24.3. The third-order valence-corrected chi connectivity index (χ3v) is 4.91. The van der Waals surface area contributed by atoms with Gasteiger partial charge < -0.3 is 65.3 Å². The first-order valence-electron chi connectivity index (χ1n) is 8.71. The number of hydrogen-bond acceptors (Lipinski definition) is 13. The second-order valence-corrected chi connectivity index (χ2v) is 6.98. The highest BCUT2D eigenvalue weighted by atomic mass is 16.7. The van der Waals surface area contributed by atoms with Crippen molar-refractivity contribution in [1.82, 2.24) is 0 Å². The van der Waals surface area contributed by atoms with Crippen LogP contribution in [0.4, 0.5) is 0 Å². The fourth-order valence-corrected chi connectivity index (χ4v) is 3.20. The van der Waals surface area contributed by atoms with Gasteiger partial charge in [0.2, 0.25) is 0 Å². The zero-order valence-corrected chi connectivity index (χ0v) is 15.0. The van der Waals surface area contributed by atoms with Gasteiger partial charge in [0.05, 0.1) is 19.3 Å². The Morgan fingerprint density at radius 1 is 0.966 bits per heavy atom. The topological polar surface area (TPSA) is 247 Å². The molecule has 0 radical (unpaired) electrons. The largest absolute Gasteiger partial charge is 0.477 e. The van der Waals surface area contributed by atoms with Gasteiger partial charge in [-0.25, -0.2) is 4.79 Å². The number of carbonyl (C=O) groups is 1. The minimum atomic E-state index is -2.94. The van der Waals surface area contributed by atoms with Crippen molar-refractivity contribution in [2.24, 2.45) is 0 Å². The number of aliphatic hydroxyl groups excluding tert-OH is 8. The van der Waals surface area contributed by atoms with Gasteiger partial charge in [0.1, 0.15) is 48.8 Å². The minimum Gasteiger partial charge on any atom is -0.477 e. The number of ether oxygens (including phenoxy) is 3. The van der Waals surface area contributed by atoms with Crippen LogP contribution in [0.1, 0.15) is 6.42 Å². The summed E-state index contributed by atoms with van der Waals surface area (Å²) < 4.78 is 15.3. The molecule has 14 nitrogen and oxygen atoms in total. The number of hydrogen-bond donors (Lipinski definition) is 10. The number of aliphatic hydroxyl groups is 9. The van der Waals surface area contributed by atoms with Gasteiger partial charge in [-0.3, -0.25) is 0 Å². The second-order valence-electron chi connectivity index (χ2n) is 6.98. The summed E-state index contributed by atoms with van der Waals surface area (Å²) in [5.41, 5.74) is 0. The van der Waals surface area contributed by atoms with Crippen LogP contribution in [0.25, 0.3) is 0 Å². The molecule has 2 saturated heterocycles. The Hall–Kier alpha value is -1.01. The molecule has 2 heterocycles. The van der Waals surface area contributed by atoms with Gasteiger partial charge in [0.15, 0.2) is 6.29 Å². The van der Waals surface area contributed by atoms with Crippen LogP contribution in [0.15, 0.2) is 0 Å². The van der Waals surface area contributed by atoms with Crippen molar-refractivity contribution in [3.63, 3.8) is 0 Å². The van der Waals surface area contributed by atoms with E-state index in [1.54, 1.807) is 0 Å². The van der Waals surface area contributed by atoms with E-state index in [1.165, 1.54) is 0 Å². The van der Waals surface area contributed by atoms with E-state index in [0.29, 0.717) is 0 Å². The zero-order chi connectivity index (χ0) is 22.1. The molecule has 0 spiro atoms. The van der Waals surface area contributed by atoms with Crippen molar-refractivity contribution in [3.8, 4) is 0 Å². The molecule has 0 aromatic heterocycles. The standard InChI is InChI=1S/C15H26O14/c16-2-4(18)11-9(22)8(21)10(23)13(28-11)27-6-1-15(26,14(24)25)29-12(7(6)20)5(19)3-17/h4-13,16-23,26H,1-3H2,(H,24,25)/t4-,5+,6+,7+,8-,9-,10-,11+,12+,13-,15+/m0/s1. The molecule has 0 amide bonds. The molecule has 2 aliphatic heterocycles. The Morgan fingerprint density at radius 2 is 1.52 bits per heavy atom. The van der Waals surface area contributed by atoms with Crippen molar-refractivity contribution in [3.05, 3.63) is 0 Å². The molecule has 0 aliphatic carbocycles. The van der Waals surface area contributed by atoms with E-state index in [-0.39, 0.29) is 0 Å². The Kier molecular flexibility index (Phi) is 7.88. The van der Waals surface area contributed by atoms with Crippen LogP contribution in [-0.2, 0) is 19.0 Å². The molecule has 2 rings (SSSR count). The third kappa shape index (κ3) is 4.84. The summed E-state index contributed by atoms with van der Waals surface area (Å²) in [6.45, 7) is -1.83. The third-order valence-electron chi connectivity index (χ3n) is 4.91. The molecule has 11 atom stereocenters. The van der Waals surface area contributed by atoms with Crippen LogP contribution in [-0.4, -0.2) is 137 Å². The number of carboxylic acid groups (broad SMARTS) is 1. The average Bonchev–Trinajstić information content (AvgIpc) is 2.69. The highest BCUT2D eigenvalue weighted by Gasteiger charge is 2.55. The lowest BCUT2D eigenvalue weighted by Crippen LogP contribution is -2.65. The lowest BCUT2D eigenvalue weighted by Gasteiger charge is -2.46. The van der Waals surface area contributed by atoms with Crippen LogP contribution in [0, 0.1) is 0 Å². The quantitative estimate of drug-likeness (QED) is 0.180. The van der Waals surface area contributed by atoms with E-state index in [4.69, 9.17) is 24.4 Å². The van der Waals surface area contributed by atoms with Gasteiger partial charge >= 0.3 is 5.97 Å². The molecule has 0 saturated carbocycles. The maximum absolute atomic E-state index is 11.3. The molecule has 0 bridgehead atoms. The van der Waals surface area contributed by atoms with E-state index >= 15 is 0 Å². The molecule has 0 unspecified atom stereocenters. The summed E-state index contributed by atoms with van der Waals surface area (Å²) in [6.07, 6.45) is -18.8. The first-order valence-corrected chi connectivity index (χ1v) is 8.71. The van der Waals surface area contributed by atoms with Crippen molar-refractivity contribution in [2.75, 3.05) is 13.2 Å². The van der Waals surface area contributed by atoms with Crippen LogP contribution in [0.3, 0.4) is 0 Å². The van der Waals surface area contributed by atoms with Crippen LogP contribution in [0.5, 0.6) is 0 Å². The van der Waals surface area contributed by atoms with Gasteiger partial charge in [0, 0.05) is 6.42 Å². The second kappa shape index (κ2) is 9.42. The predicted molar refractivity (Wildman–Crippen MR) is 85.8 cm³/mol. The molecule has 14 heteroatoms. The summed E-state index contributed by atoms with van der Waals surface area (Å²) in [6, 6.07) is 0. The molecular formula is C15H26O14. The van der Waals surface area contributed by atoms with Crippen molar-refractivity contribution >= 4 is 5.97 Å². The number of carboxylic acids is 1. The molecular weight excluding hydrogens is 404 g/mol. The molecule has 0 aromatic carbocycles. The average molecular weight is 430 g/mol. The Labute approximate surface area is 163 Å². The molecule has 29 heavy (non-hydrogen) atoms. The van der Waals surface area contributed by atoms with Gasteiger partial charge in [-0.2, -0.15) is 0 Å². The number of rotatable bonds is 7. The summed E-state index contributed by atoms with van der Waals surface area (Å²) in [4.78, 5) is 11.3.